The Balaban J connectivity index is 1.57. The topological polar surface area (TPSA) is 28.4 Å². The maximum atomic E-state index is 5.87. The molecule has 0 aliphatic heterocycles. The Hall–Kier alpha value is -1.74. The molecule has 3 rings (SSSR count). The van der Waals surface area contributed by atoms with Gasteiger partial charge in [-0.15, -0.1) is 0 Å². The first-order chi connectivity index (χ1) is 9.70. The third-order valence-electron chi connectivity index (χ3n) is 3.73. The van der Waals surface area contributed by atoms with E-state index in [2.05, 4.69) is 60.6 Å². The van der Waals surface area contributed by atoms with Gasteiger partial charge in [0.1, 0.15) is 11.5 Å². The summed E-state index contributed by atoms with van der Waals surface area (Å²) < 4.78 is 5.87. The van der Waals surface area contributed by atoms with Crippen molar-refractivity contribution in [3.8, 4) is 0 Å². The second kappa shape index (κ2) is 5.71. The lowest BCUT2D eigenvalue weighted by Gasteiger charge is -2.18. The lowest BCUT2D eigenvalue weighted by Crippen LogP contribution is -2.16. The van der Waals surface area contributed by atoms with Gasteiger partial charge in [0.05, 0.1) is 13.1 Å². The number of aryl methyl sites for hydroxylation is 1. The van der Waals surface area contributed by atoms with Crippen LogP contribution in [-0.2, 0) is 13.1 Å². The summed E-state index contributed by atoms with van der Waals surface area (Å²) in [5.74, 6) is 2.05. The summed E-state index contributed by atoms with van der Waals surface area (Å²) in [5.41, 5.74) is 2.50. The molecule has 1 heterocycles. The van der Waals surface area contributed by atoms with Crippen LogP contribution < -0.4 is 10.2 Å². The molecule has 0 atom stereocenters. The summed E-state index contributed by atoms with van der Waals surface area (Å²) in [4.78, 5) is 2.20. The zero-order valence-electron chi connectivity index (χ0n) is 12.2. The highest BCUT2D eigenvalue weighted by Gasteiger charge is 2.20. The van der Waals surface area contributed by atoms with Crippen molar-refractivity contribution in [2.24, 2.45) is 0 Å². The van der Waals surface area contributed by atoms with E-state index in [-0.39, 0.29) is 0 Å². The van der Waals surface area contributed by atoms with Crippen LogP contribution >= 0.6 is 0 Å². The Morgan fingerprint density at radius 1 is 1.10 bits per heavy atom. The first-order valence-electron chi connectivity index (χ1n) is 7.29. The van der Waals surface area contributed by atoms with E-state index >= 15 is 0 Å². The van der Waals surface area contributed by atoms with Crippen molar-refractivity contribution >= 4 is 5.69 Å². The van der Waals surface area contributed by atoms with Gasteiger partial charge < -0.3 is 14.6 Å². The van der Waals surface area contributed by atoms with Gasteiger partial charge in [0.2, 0.25) is 0 Å². The standard InChI is InChI=1S/C17H22N2O/c1-13-3-7-15(8-4-13)19(2)12-17-10-9-16(20-17)11-18-14-5-6-14/h3-4,7-10,14,18H,5-6,11-12H2,1-2H3. The van der Waals surface area contributed by atoms with E-state index in [4.69, 9.17) is 4.42 Å². The van der Waals surface area contributed by atoms with E-state index in [9.17, 15) is 0 Å². The molecular weight excluding hydrogens is 248 g/mol. The van der Waals surface area contributed by atoms with Crippen molar-refractivity contribution in [3.63, 3.8) is 0 Å². The molecule has 3 nitrogen and oxygen atoms in total. The second-order valence-corrected chi connectivity index (χ2v) is 5.71. The predicted octanol–water partition coefficient (Wildman–Crippen LogP) is 3.48. The Bertz CT molecular complexity index is 555. The van der Waals surface area contributed by atoms with E-state index in [1.165, 1.54) is 24.1 Å². The number of furan rings is 1. The van der Waals surface area contributed by atoms with Crippen LogP contribution in [0.25, 0.3) is 0 Å². The number of nitrogens with one attached hydrogen (secondary N) is 1. The zero-order chi connectivity index (χ0) is 13.9. The minimum absolute atomic E-state index is 0.721. The van der Waals surface area contributed by atoms with Crippen LogP contribution in [-0.4, -0.2) is 13.1 Å². The Morgan fingerprint density at radius 3 is 2.50 bits per heavy atom. The summed E-state index contributed by atoms with van der Waals surface area (Å²) in [5, 5.41) is 3.47. The highest BCUT2D eigenvalue weighted by molar-refractivity contribution is 5.46. The monoisotopic (exact) mass is 270 g/mol. The van der Waals surface area contributed by atoms with Crippen LogP contribution in [0.3, 0.4) is 0 Å². The molecule has 106 valence electrons. The highest BCUT2D eigenvalue weighted by atomic mass is 16.3. The quantitative estimate of drug-likeness (QED) is 0.871. The lowest BCUT2D eigenvalue weighted by atomic mass is 10.2. The molecule has 1 N–H and O–H groups in total. The van der Waals surface area contributed by atoms with Gasteiger partial charge in [-0.25, -0.2) is 0 Å². The first kappa shape index (κ1) is 13.3. The minimum atomic E-state index is 0.721. The molecule has 0 amide bonds. The molecule has 0 unspecified atom stereocenters. The highest BCUT2D eigenvalue weighted by Crippen LogP contribution is 2.20. The number of rotatable bonds is 6. The van der Waals surface area contributed by atoms with Gasteiger partial charge in [-0.3, -0.25) is 0 Å². The molecule has 1 fully saturated rings. The molecule has 0 saturated heterocycles. The summed E-state index contributed by atoms with van der Waals surface area (Å²) in [6, 6.07) is 13.4. The third-order valence-corrected chi connectivity index (χ3v) is 3.73. The summed E-state index contributed by atoms with van der Waals surface area (Å²) in [6.07, 6.45) is 2.62. The van der Waals surface area contributed by atoms with E-state index in [0.29, 0.717) is 0 Å². The van der Waals surface area contributed by atoms with Crippen LogP contribution in [0.5, 0.6) is 0 Å². The number of benzene rings is 1. The van der Waals surface area contributed by atoms with Gasteiger partial charge >= 0.3 is 0 Å². The minimum Gasteiger partial charge on any atom is -0.463 e. The van der Waals surface area contributed by atoms with Crippen LogP contribution in [0.15, 0.2) is 40.8 Å². The van der Waals surface area contributed by atoms with Crippen molar-refractivity contribution in [1.29, 1.82) is 0 Å². The number of nitrogens with zero attached hydrogens (tertiary/aromatic N) is 1. The Kier molecular flexibility index (Phi) is 3.79. The number of hydrogen-bond acceptors (Lipinski definition) is 3. The molecule has 0 radical (unpaired) electrons. The van der Waals surface area contributed by atoms with Crippen molar-refractivity contribution in [3.05, 3.63) is 53.5 Å². The Morgan fingerprint density at radius 2 is 1.80 bits per heavy atom. The number of hydrogen-bond donors (Lipinski definition) is 1. The fourth-order valence-electron chi connectivity index (χ4n) is 2.26. The normalized spacial score (nSPS) is 14.5. The summed E-state index contributed by atoms with van der Waals surface area (Å²) in [7, 11) is 2.09. The number of anilines is 1. The molecule has 1 aromatic heterocycles. The van der Waals surface area contributed by atoms with E-state index in [1.807, 2.05) is 0 Å². The largest absolute Gasteiger partial charge is 0.463 e. The van der Waals surface area contributed by atoms with Crippen LogP contribution in [0.1, 0.15) is 29.9 Å². The van der Waals surface area contributed by atoms with Crippen LogP contribution in [0.2, 0.25) is 0 Å². The van der Waals surface area contributed by atoms with E-state index in [1.54, 1.807) is 0 Å². The molecule has 20 heavy (non-hydrogen) atoms. The maximum Gasteiger partial charge on any atom is 0.123 e. The molecule has 1 saturated carbocycles. The predicted molar refractivity (Wildman–Crippen MR) is 81.9 cm³/mol. The average Bonchev–Trinajstić information content (AvgIpc) is 3.17. The maximum absolute atomic E-state index is 5.87. The molecule has 1 aliphatic carbocycles. The van der Waals surface area contributed by atoms with Crippen molar-refractivity contribution < 1.29 is 4.42 Å². The van der Waals surface area contributed by atoms with Gasteiger partial charge in [0, 0.05) is 18.8 Å². The van der Waals surface area contributed by atoms with Gasteiger partial charge in [-0.2, -0.15) is 0 Å². The second-order valence-electron chi connectivity index (χ2n) is 5.71. The molecule has 2 aromatic rings. The van der Waals surface area contributed by atoms with Crippen molar-refractivity contribution in [2.75, 3.05) is 11.9 Å². The molecular formula is C17H22N2O. The summed E-state index contributed by atoms with van der Waals surface area (Å²) >= 11 is 0. The van der Waals surface area contributed by atoms with Gasteiger partial charge in [-0.1, -0.05) is 17.7 Å². The third kappa shape index (κ3) is 3.42. The molecule has 1 aliphatic rings. The lowest BCUT2D eigenvalue weighted by molar-refractivity contribution is 0.445. The average molecular weight is 270 g/mol. The summed E-state index contributed by atoms with van der Waals surface area (Å²) in [6.45, 7) is 3.75. The van der Waals surface area contributed by atoms with Gasteiger partial charge in [-0.05, 0) is 44.0 Å². The van der Waals surface area contributed by atoms with Gasteiger partial charge in [0.25, 0.3) is 0 Å². The SMILES string of the molecule is Cc1ccc(N(C)Cc2ccc(CNC3CC3)o2)cc1. The van der Waals surface area contributed by atoms with E-state index in [0.717, 1.165) is 30.7 Å². The van der Waals surface area contributed by atoms with Crippen LogP contribution in [0.4, 0.5) is 5.69 Å². The molecule has 3 heteroatoms. The molecule has 0 bridgehead atoms. The molecule has 1 aromatic carbocycles. The first-order valence-corrected chi connectivity index (χ1v) is 7.29. The van der Waals surface area contributed by atoms with Gasteiger partial charge in [0.15, 0.2) is 0 Å². The molecule has 0 spiro atoms. The smallest absolute Gasteiger partial charge is 0.123 e. The fraction of sp³-hybridized carbons (Fsp3) is 0.412. The zero-order valence-corrected chi connectivity index (χ0v) is 12.2. The van der Waals surface area contributed by atoms with Crippen LogP contribution in [0, 0.1) is 6.92 Å². The Labute approximate surface area is 120 Å². The fourth-order valence-corrected chi connectivity index (χ4v) is 2.26. The van der Waals surface area contributed by atoms with E-state index < -0.39 is 0 Å². The van der Waals surface area contributed by atoms with Crippen molar-refractivity contribution in [2.45, 2.75) is 38.9 Å². The van der Waals surface area contributed by atoms with Crippen molar-refractivity contribution in [1.82, 2.24) is 5.32 Å².